The lowest BCUT2D eigenvalue weighted by Gasteiger charge is -2.07. The van der Waals surface area contributed by atoms with Gasteiger partial charge < -0.3 is 10.8 Å². The fourth-order valence-electron chi connectivity index (χ4n) is 1.06. The number of carboxylic acid groups (broad SMARTS) is 1. The Kier molecular flexibility index (Phi) is 2.83. The minimum absolute atomic E-state index is 0.163. The van der Waals surface area contributed by atoms with E-state index < -0.39 is 11.9 Å². The number of aryl methyl sites for hydroxylation is 1. The van der Waals surface area contributed by atoms with Crippen LogP contribution in [0.1, 0.15) is 16.4 Å². The van der Waals surface area contributed by atoms with E-state index in [9.17, 15) is 4.79 Å². The normalized spacial score (nSPS) is 12.8. The maximum absolute atomic E-state index is 10.7. The molecule has 66 valence electrons. The highest BCUT2D eigenvalue weighted by Gasteiger charge is 2.20. The van der Waals surface area contributed by atoms with E-state index in [2.05, 4.69) is 0 Å². The lowest BCUT2D eigenvalue weighted by atomic mass is 10.1. The van der Waals surface area contributed by atoms with Crippen molar-refractivity contribution < 1.29 is 9.90 Å². The van der Waals surface area contributed by atoms with E-state index in [1.807, 2.05) is 18.4 Å². The molecule has 1 heterocycles. The molecule has 3 nitrogen and oxygen atoms in total. The SMILES string of the molecule is Cc1ccsc1C(CN)C(=O)O. The van der Waals surface area contributed by atoms with Crippen molar-refractivity contribution in [3.05, 3.63) is 21.9 Å². The number of aliphatic carboxylic acids is 1. The Morgan fingerprint density at radius 2 is 2.50 bits per heavy atom. The van der Waals surface area contributed by atoms with Gasteiger partial charge >= 0.3 is 5.97 Å². The van der Waals surface area contributed by atoms with Gasteiger partial charge in [0.1, 0.15) is 5.92 Å². The quantitative estimate of drug-likeness (QED) is 0.743. The molecule has 3 N–H and O–H groups in total. The first kappa shape index (κ1) is 9.22. The third kappa shape index (κ3) is 1.65. The van der Waals surface area contributed by atoms with E-state index in [-0.39, 0.29) is 6.54 Å². The molecule has 0 aliphatic heterocycles. The maximum Gasteiger partial charge on any atom is 0.313 e. The predicted octanol–water partition coefficient (Wildman–Crippen LogP) is 1.18. The van der Waals surface area contributed by atoms with Gasteiger partial charge in [0.05, 0.1) is 0 Å². The maximum atomic E-state index is 10.7. The van der Waals surface area contributed by atoms with Crippen LogP contribution >= 0.6 is 11.3 Å². The largest absolute Gasteiger partial charge is 0.481 e. The molecule has 0 saturated heterocycles. The van der Waals surface area contributed by atoms with Crippen LogP contribution in [0, 0.1) is 6.92 Å². The summed E-state index contributed by atoms with van der Waals surface area (Å²) in [7, 11) is 0. The van der Waals surface area contributed by atoms with Gasteiger partial charge in [0, 0.05) is 11.4 Å². The first-order chi connectivity index (χ1) is 5.66. The van der Waals surface area contributed by atoms with Gasteiger partial charge in [-0.15, -0.1) is 11.3 Å². The summed E-state index contributed by atoms with van der Waals surface area (Å²) in [5, 5.41) is 10.7. The first-order valence-electron chi connectivity index (χ1n) is 3.63. The fourth-order valence-corrected chi connectivity index (χ4v) is 2.10. The van der Waals surface area contributed by atoms with Gasteiger partial charge in [-0.2, -0.15) is 0 Å². The molecule has 0 radical (unpaired) electrons. The van der Waals surface area contributed by atoms with Crippen LogP contribution < -0.4 is 5.73 Å². The number of nitrogens with two attached hydrogens (primary N) is 1. The fraction of sp³-hybridized carbons (Fsp3) is 0.375. The summed E-state index contributed by atoms with van der Waals surface area (Å²) >= 11 is 1.45. The average molecular weight is 185 g/mol. The molecule has 0 spiro atoms. The van der Waals surface area contributed by atoms with Crippen LogP contribution in [0.2, 0.25) is 0 Å². The lowest BCUT2D eigenvalue weighted by molar-refractivity contribution is -0.138. The van der Waals surface area contributed by atoms with E-state index in [0.29, 0.717) is 0 Å². The summed E-state index contributed by atoms with van der Waals surface area (Å²) in [5.41, 5.74) is 6.37. The molecule has 1 unspecified atom stereocenters. The molecular weight excluding hydrogens is 174 g/mol. The number of hydrogen-bond acceptors (Lipinski definition) is 3. The molecule has 0 aliphatic rings. The topological polar surface area (TPSA) is 63.3 Å². The Morgan fingerprint density at radius 1 is 1.83 bits per heavy atom. The zero-order chi connectivity index (χ0) is 9.14. The van der Waals surface area contributed by atoms with Crippen LogP contribution in [0.25, 0.3) is 0 Å². The predicted molar refractivity (Wildman–Crippen MR) is 48.5 cm³/mol. The minimum atomic E-state index is -0.844. The van der Waals surface area contributed by atoms with Crippen molar-refractivity contribution in [2.24, 2.45) is 5.73 Å². The van der Waals surface area contributed by atoms with Crippen LogP contribution in [-0.4, -0.2) is 17.6 Å². The molecule has 1 atom stereocenters. The van der Waals surface area contributed by atoms with E-state index >= 15 is 0 Å². The number of carboxylic acids is 1. The molecule has 0 bridgehead atoms. The minimum Gasteiger partial charge on any atom is -0.481 e. The summed E-state index contributed by atoms with van der Waals surface area (Å²) in [6.07, 6.45) is 0. The molecule has 1 aromatic heterocycles. The molecule has 0 saturated carbocycles. The Hall–Kier alpha value is -0.870. The molecule has 0 fully saturated rings. The molecule has 0 aromatic carbocycles. The zero-order valence-corrected chi connectivity index (χ0v) is 7.60. The lowest BCUT2D eigenvalue weighted by Crippen LogP contribution is -2.20. The van der Waals surface area contributed by atoms with Crippen molar-refractivity contribution in [1.82, 2.24) is 0 Å². The van der Waals surface area contributed by atoms with Crippen molar-refractivity contribution in [3.8, 4) is 0 Å². The highest BCUT2D eigenvalue weighted by Crippen LogP contribution is 2.24. The van der Waals surface area contributed by atoms with Gasteiger partial charge in [-0.3, -0.25) is 4.79 Å². The second-order valence-corrected chi connectivity index (χ2v) is 3.54. The van der Waals surface area contributed by atoms with Crippen molar-refractivity contribution in [1.29, 1.82) is 0 Å². The van der Waals surface area contributed by atoms with E-state index in [4.69, 9.17) is 10.8 Å². The van der Waals surface area contributed by atoms with E-state index in [1.165, 1.54) is 11.3 Å². The van der Waals surface area contributed by atoms with Crippen molar-refractivity contribution in [2.75, 3.05) is 6.54 Å². The van der Waals surface area contributed by atoms with Gasteiger partial charge in [-0.25, -0.2) is 0 Å². The average Bonchev–Trinajstić information content (AvgIpc) is 2.38. The van der Waals surface area contributed by atoms with Crippen LogP contribution in [0.5, 0.6) is 0 Å². The van der Waals surface area contributed by atoms with Crippen LogP contribution in [0.4, 0.5) is 0 Å². The molecule has 0 aliphatic carbocycles. The Bertz CT molecular complexity index is 282. The van der Waals surface area contributed by atoms with Gasteiger partial charge in [-0.05, 0) is 23.9 Å². The molecule has 1 aromatic rings. The third-order valence-corrected chi connectivity index (χ3v) is 2.88. The Balaban J connectivity index is 2.94. The first-order valence-corrected chi connectivity index (χ1v) is 4.51. The molecular formula is C8H11NO2S. The van der Waals surface area contributed by atoms with Crippen LogP contribution in [0.15, 0.2) is 11.4 Å². The summed E-state index contributed by atoms with van der Waals surface area (Å²) in [6, 6.07) is 1.91. The van der Waals surface area contributed by atoms with Crippen molar-refractivity contribution in [2.45, 2.75) is 12.8 Å². The monoisotopic (exact) mass is 185 g/mol. The number of rotatable bonds is 3. The zero-order valence-electron chi connectivity index (χ0n) is 6.78. The van der Waals surface area contributed by atoms with Crippen LogP contribution in [0.3, 0.4) is 0 Å². The van der Waals surface area contributed by atoms with Crippen LogP contribution in [-0.2, 0) is 4.79 Å². The van der Waals surface area contributed by atoms with E-state index in [0.717, 1.165) is 10.4 Å². The highest BCUT2D eigenvalue weighted by atomic mass is 32.1. The standard InChI is InChI=1S/C8H11NO2S/c1-5-2-3-12-7(5)6(4-9)8(10)11/h2-3,6H,4,9H2,1H3,(H,10,11). The van der Waals surface area contributed by atoms with Crippen molar-refractivity contribution in [3.63, 3.8) is 0 Å². The van der Waals surface area contributed by atoms with Crippen molar-refractivity contribution >= 4 is 17.3 Å². The smallest absolute Gasteiger partial charge is 0.313 e. The van der Waals surface area contributed by atoms with E-state index in [1.54, 1.807) is 0 Å². The van der Waals surface area contributed by atoms with Gasteiger partial charge in [0.15, 0.2) is 0 Å². The number of hydrogen-bond donors (Lipinski definition) is 2. The number of thiophene rings is 1. The summed E-state index contributed by atoms with van der Waals surface area (Å²) < 4.78 is 0. The van der Waals surface area contributed by atoms with Gasteiger partial charge in [-0.1, -0.05) is 0 Å². The highest BCUT2D eigenvalue weighted by molar-refractivity contribution is 7.10. The third-order valence-electron chi connectivity index (χ3n) is 1.75. The summed E-state index contributed by atoms with van der Waals surface area (Å²) in [4.78, 5) is 11.6. The number of carbonyl (C=O) groups is 1. The summed E-state index contributed by atoms with van der Waals surface area (Å²) in [6.45, 7) is 2.06. The molecule has 0 amide bonds. The second-order valence-electron chi connectivity index (χ2n) is 2.59. The molecule has 1 rings (SSSR count). The second kappa shape index (κ2) is 3.69. The molecule has 4 heteroatoms. The Labute approximate surface area is 74.8 Å². The summed E-state index contributed by atoms with van der Waals surface area (Å²) in [5.74, 6) is -1.38. The Morgan fingerprint density at radius 3 is 2.83 bits per heavy atom. The van der Waals surface area contributed by atoms with Gasteiger partial charge in [0.25, 0.3) is 0 Å². The molecule has 12 heavy (non-hydrogen) atoms. The van der Waals surface area contributed by atoms with Gasteiger partial charge in [0.2, 0.25) is 0 Å².